The van der Waals surface area contributed by atoms with Crippen LogP contribution in [-0.2, 0) is 9.59 Å². The van der Waals surface area contributed by atoms with Gasteiger partial charge in [0.2, 0.25) is 0 Å². The lowest BCUT2D eigenvalue weighted by Gasteiger charge is -2.11. The van der Waals surface area contributed by atoms with Crippen molar-refractivity contribution in [3.05, 3.63) is 63.0 Å². The van der Waals surface area contributed by atoms with Crippen LogP contribution in [-0.4, -0.2) is 23.7 Å². The predicted octanol–water partition coefficient (Wildman–Crippen LogP) is 4.10. The molecule has 0 saturated carbocycles. The first-order valence-electron chi connectivity index (χ1n) is 7.94. The first-order valence-corrected chi connectivity index (χ1v) is 9.55. The maximum absolute atomic E-state index is 12.1. The molecule has 0 radical (unpaired) electrons. The maximum atomic E-state index is 12.1. The number of anilines is 1. The van der Waals surface area contributed by atoms with Crippen molar-refractivity contribution in [2.24, 2.45) is 0 Å². The normalized spacial score (nSPS) is 15.0. The number of hydrogen-bond donors (Lipinski definition) is 2. The Bertz CT molecular complexity index is 941. The van der Waals surface area contributed by atoms with Crippen LogP contribution in [0.5, 0.6) is 5.75 Å². The number of nitrogens with one attached hydrogen (secondary N) is 2. The predicted molar refractivity (Wildman–Crippen MR) is 109 cm³/mol. The molecule has 1 fully saturated rings. The SMILES string of the molecule is Cc1ccc(NC(=O)COc2ccc(Br)cc2/C=C2\SC(=O)NC2=O)cc1. The van der Waals surface area contributed by atoms with Crippen molar-refractivity contribution in [1.29, 1.82) is 0 Å². The minimum atomic E-state index is -0.451. The average Bonchev–Trinajstić information content (AvgIpc) is 2.93. The van der Waals surface area contributed by atoms with Crippen molar-refractivity contribution < 1.29 is 19.1 Å². The van der Waals surface area contributed by atoms with Crippen molar-refractivity contribution in [3.63, 3.8) is 0 Å². The zero-order valence-corrected chi connectivity index (χ0v) is 16.6. The third kappa shape index (κ3) is 5.21. The number of rotatable bonds is 5. The molecule has 0 unspecified atom stereocenters. The minimum absolute atomic E-state index is 0.191. The number of carbonyl (C=O) groups excluding carboxylic acids is 3. The number of amides is 3. The second-order valence-corrected chi connectivity index (χ2v) is 7.67. The van der Waals surface area contributed by atoms with Crippen LogP contribution in [0, 0.1) is 6.92 Å². The van der Waals surface area contributed by atoms with Gasteiger partial charge in [-0.2, -0.15) is 0 Å². The second kappa shape index (κ2) is 8.41. The molecule has 1 heterocycles. The Morgan fingerprint density at radius 3 is 2.63 bits per heavy atom. The van der Waals surface area contributed by atoms with Gasteiger partial charge in [0.1, 0.15) is 5.75 Å². The first-order chi connectivity index (χ1) is 12.9. The fourth-order valence-electron chi connectivity index (χ4n) is 2.30. The van der Waals surface area contributed by atoms with Gasteiger partial charge >= 0.3 is 0 Å². The molecule has 0 atom stereocenters. The van der Waals surface area contributed by atoms with E-state index in [0.29, 0.717) is 17.0 Å². The van der Waals surface area contributed by atoms with Gasteiger partial charge in [0.15, 0.2) is 6.61 Å². The van der Waals surface area contributed by atoms with Crippen LogP contribution < -0.4 is 15.4 Å². The van der Waals surface area contributed by atoms with Crippen LogP contribution in [0.15, 0.2) is 51.8 Å². The molecule has 1 aliphatic rings. The molecule has 0 aromatic heterocycles. The highest BCUT2D eigenvalue weighted by Gasteiger charge is 2.25. The molecule has 6 nitrogen and oxygen atoms in total. The van der Waals surface area contributed by atoms with Crippen molar-refractivity contribution in [3.8, 4) is 5.75 Å². The number of imide groups is 1. The third-order valence-corrected chi connectivity index (χ3v) is 4.90. The summed E-state index contributed by atoms with van der Waals surface area (Å²) in [6.07, 6.45) is 1.56. The summed E-state index contributed by atoms with van der Waals surface area (Å²) in [5.74, 6) is -0.325. The van der Waals surface area contributed by atoms with Crippen molar-refractivity contribution in [2.75, 3.05) is 11.9 Å². The summed E-state index contributed by atoms with van der Waals surface area (Å²) >= 11 is 4.19. The molecule has 3 rings (SSSR count). The molecule has 3 amide bonds. The van der Waals surface area contributed by atoms with Gasteiger partial charge in [0.05, 0.1) is 4.91 Å². The number of hydrogen-bond acceptors (Lipinski definition) is 5. The van der Waals surface area contributed by atoms with Gasteiger partial charge in [-0.25, -0.2) is 0 Å². The smallest absolute Gasteiger partial charge is 0.290 e. The zero-order valence-electron chi connectivity index (χ0n) is 14.2. The summed E-state index contributed by atoms with van der Waals surface area (Å²) in [5.41, 5.74) is 2.37. The third-order valence-electron chi connectivity index (χ3n) is 3.59. The van der Waals surface area contributed by atoms with Gasteiger partial charge in [-0.1, -0.05) is 33.6 Å². The second-order valence-electron chi connectivity index (χ2n) is 5.74. The highest BCUT2D eigenvalue weighted by molar-refractivity contribution is 9.10. The van der Waals surface area contributed by atoms with Gasteiger partial charge in [-0.15, -0.1) is 0 Å². The van der Waals surface area contributed by atoms with Crippen LogP contribution in [0.25, 0.3) is 6.08 Å². The number of halogens is 1. The van der Waals surface area contributed by atoms with E-state index in [0.717, 1.165) is 21.8 Å². The Kier molecular flexibility index (Phi) is 5.98. The molecular weight excluding hydrogens is 432 g/mol. The largest absolute Gasteiger partial charge is 0.483 e. The Morgan fingerprint density at radius 2 is 1.96 bits per heavy atom. The summed E-state index contributed by atoms with van der Waals surface area (Å²) in [6.45, 7) is 1.78. The average molecular weight is 447 g/mol. The molecule has 8 heteroatoms. The monoisotopic (exact) mass is 446 g/mol. The van der Waals surface area contributed by atoms with E-state index in [1.807, 2.05) is 31.2 Å². The molecule has 0 aliphatic carbocycles. The lowest BCUT2D eigenvalue weighted by molar-refractivity contribution is -0.118. The van der Waals surface area contributed by atoms with Crippen LogP contribution in [0.4, 0.5) is 10.5 Å². The molecule has 2 aromatic carbocycles. The van der Waals surface area contributed by atoms with E-state index in [1.54, 1.807) is 24.3 Å². The van der Waals surface area contributed by atoms with E-state index < -0.39 is 11.1 Å². The molecule has 2 aromatic rings. The summed E-state index contributed by atoms with van der Waals surface area (Å²) in [7, 11) is 0. The number of ether oxygens (including phenoxy) is 1. The van der Waals surface area contributed by atoms with Crippen LogP contribution in [0.1, 0.15) is 11.1 Å². The van der Waals surface area contributed by atoms with Crippen LogP contribution in [0.2, 0.25) is 0 Å². The van der Waals surface area contributed by atoms with Gasteiger partial charge in [-0.3, -0.25) is 19.7 Å². The Balaban J connectivity index is 1.70. The van der Waals surface area contributed by atoms with E-state index in [2.05, 4.69) is 26.6 Å². The van der Waals surface area contributed by atoms with Gasteiger partial charge in [0, 0.05) is 15.7 Å². The Hall–Kier alpha value is -2.58. The lowest BCUT2D eigenvalue weighted by atomic mass is 10.2. The topological polar surface area (TPSA) is 84.5 Å². The van der Waals surface area contributed by atoms with E-state index >= 15 is 0 Å². The highest BCUT2D eigenvalue weighted by atomic mass is 79.9. The van der Waals surface area contributed by atoms with Crippen molar-refractivity contribution >= 4 is 56.5 Å². The molecule has 0 spiro atoms. The maximum Gasteiger partial charge on any atom is 0.290 e. The Labute approximate surface area is 168 Å². The van der Waals surface area contributed by atoms with Crippen molar-refractivity contribution in [2.45, 2.75) is 6.92 Å². The van der Waals surface area contributed by atoms with E-state index in [9.17, 15) is 14.4 Å². The number of carbonyl (C=O) groups is 3. The number of thioether (sulfide) groups is 1. The van der Waals surface area contributed by atoms with Gasteiger partial charge in [0.25, 0.3) is 17.1 Å². The lowest BCUT2D eigenvalue weighted by Crippen LogP contribution is -2.20. The molecule has 27 heavy (non-hydrogen) atoms. The molecule has 1 aliphatic heterocycles. The molecule has 1 saturated heterocycles. The van der Waals surface area contributed by atoms with E-state index in [1.165, 1.54) is 0 Å². The Morgan fingerprint density at radius 1 is 1.22 bits per heavy atom. The number of aryl methyl sites for hydroxylation is 1. The van der Waals surface area contributed by atoms with E-state index in [-0.39, 0.29) is 17.4 Å². The van der Waals surface area contributed by atoms with Crippen LogP contribution in [0.3, 0.4) is 0 Å². The van der Waals surface area contributed by atoms with Gasteiger partial charge in [-0.05, 0) is 55.1 Å². The molecular formula is C19H15BrN2O4S. The quantitative estimate of drug-likeness (QED) is 0.675. The van der Waals surface area contributed by atoms with E-state index in [4.69, 9.17) is 4.74 Å². The molecule has 2 N–H and O–H groups in total. The summed E-state index contributed by atoms with van der Waals surface area (Å²) in [6, 6.07) is 12.6. The first kappa shape index (κ1) is 19.2. The fraction of sp³-hybridized carbons (Fsp3) is 0.105. The standard InChI is InChI=1S/C19H15BrN2O4S/c1-11-2-5-14(6-3-11)21-17(23)10-26-15-7-4-13(20)8-12(15)9-16-18(24)22-19(25)27-16/h2-9H,10H2,1H3,(H,21,23)(H,22,24,25)/b16-9-. The molecule has 138 valence electrons. The van der Waals surface area contributed by atoms with Crippen LogP contribution >= 0.6 is 27.7 Å². The fourth-order valence-corrected chi connectivity index (χ4v) is 3.35. The van der Waals surface area contributed by atoms with Gasteiger partial charge < -0.3 is 10.1 Å². The minimum Gasteiger partial charge on any atom is -0.483 e. The molecule has 0 bridgehead atoms. The number of benzene rings is 2. The summed E-state index contributed by atoms with van der Waals surface area (Å²) in [5, 5.41) is 4.54. The summed E-state index contributed by atoms with van der Waals surface area (Å²) in [4.78, 5) is 35.4. The summed E-state index contributed by atoms with van der Waals surface area (Å²) < 4.78 is 6.40. The zero-order chi connectivity index (χ0) is 19.4. The highest BCUT2D eigenvalue weighted by Crippen LogP contribution is 2.31. The van der Waals surface area contributed by atoms with Crippen molar-refractivity contribution in [1.82, 2.24) is 5.32 Å².